The number of thiocarbonyl (C=S) groups is 3. The van der Waals surface area contributed by atoms with E-state index in [1.807, 2.05) is 0 Å². The van der Waals surface area contributed by atoms with E-state index < -0.39 is 8.56 Å². The highest BCUT2D eigenvalue weighted by Crippen LogP contribution is 2.41. The maximum atomic E-state index is 6.18. The number of ether oxygens (including phenoxy) is 1. The van der Waals surface area contributed by atoms with Crippen LogP contribution in [0.1, 0.15) is 90.4 Å². The lowest BCUT2D eigenvalue weighted by atomic mass is 9.70. The van der Waals surface area contributed by atoms with Gasteiger partial charge in [0.1, 0.15) is 0 Å². The van der Waals surface area contributed by atoms with Crippen LogP contribution in [0.25, 0.3) is 0 Å². The number of rotatable bonds is 13. The number of hydrogen-bond acceptors (Lipinski definition) is 7. The van der Waals surface area contributed by atoms with Gasteiger partial charge in [-0.3, -0.25) is 0 Å². The van der Waals surface area contributed by atoms with Gasteiger partial charge in [-0.2, -0.15) is 0 Å². The summed E-state index contributed by atoms with van der Waals surface area (Å²) in [5.74, 6) is 2.88. The average molecular weight is 496 g/mol. The van der Waals surface area contributed by atoms with Crippen LogP contribution in [0.4, 0.5) is 0 Å². The van der Waals surface area contributed by atoms with Gasteiger partial charge in [0.15, 0.2) is 0 Å². The van der Waals surface area contributed by atoms with Crippen LogP contribution < -0.4 is 0 Å². The molecule has 0 aromatic rings. The Bertz CT molecular complexity index is 626. The molecule has 2 aliphatic carbocycles. The molecule has 31 heavy (non-hydrogen) atoms. The first-order valence-electron chi connectivity index (χ1n) is 12.0. The Balaban J connectivity index is 1.65. The summed E-state index contributed by atoms with van der Waals surface area (Å²) in [5.41, 5.74) is 0. The number of isothiocyanates is 3. The minimum atomic E-state index is -2.78. The molecule has 0 unspecified atom stereocenters. The smallest absolute Gasteiger partial charge is 0.378 e. The zero-order valence-electron chi connectivity index (χ0n) is 18.9. The number of hydrogen-bond donors (Lipinski definition) is 0. The Morgan fingerprint density at radius 1 is 0.774 bits per heavy atom. The zero-order valence-corrected chi connectivity index (χ0v) is 22.3. The first-order valence-corrected chi connectivity index (χ1v) is 15.3. The molecule has 0 aliphatic heterocycles. The molecule has 2 saturated carbocycles. The Hall–Kier alpha value is -0.423. The molecule has 0 heterocycles. The standard InChI is InChI=1S/C23H37N3OS3Si/c1-2-3-4-6-20-7-9-21(10-8-20)22-11-13-23(14-12-22)27-15-5-16-31(24-17-28,25-18-29)26-19-30/h20-23H,2-16H2,1H3/t20-,21-,22-,23-. The van der Waals surface area contributed by atoms with Gasteiger partial charge < -0.3 is 4.74 Å². The predicted octanol–water partition coefficient (Wildman–Crippen LogP) is 7.59. The maximum absolute atomic E-state index is 6.18. The summed E-state index contributed by atoms with van der Waals surface area (Å²) < 4.78 is 18.7. The molecule has 2 fully saturated rings. The molecule has 0 saturated heterocycles. The van der Waals surface area contributed by atoms with Crippen LogP contribution in [0, 0.1) is 17.8 Å². The van der Waals surface area contributed by atoms with Crippen LogP contribution >= 0.6 is 36.7 Å². The Morgan fingerprint density at radius 3 is 1.84 bits per heavy atom. The van der Waals surface area contributed by atoms with E-state index >= 15 is 0 Å². The van der Waals surface area contributed by atoms with Gasteiger partial charge in [-0.15, -0.1) is 0 Å². The molecular weight excluding hydrogens is 459 g/mol. The van der Waals surface area contributed by atoms with Gasteiger partial charge in [-0.1, -0.05) is 45.4 Å². The molecule has 0 aromatic heterocycles. The fourth-order valence-electron chi connectivity index (χ4n) is 5.38. The van der Waals surface area contributed by atoms with Crippen molar-refractivity contribution in [2.45, 2.75) is 103 Å². The summed E-state index contributed by atoms with van der Waals surface area (Å²) in [6, 6.07) is 0.640. The second-order valence-corrected chi connectivity index (χ2v) is 12.4. The van der Waals surface area contributed by atoms with E-state index in [-0.39, 0.29) is 0 Å². The van der Waals surface area contributed by atoms with E-state index in [0.29, 0.717) is 18.8 Å². The van der Waals surface area contributed by atoms with Crippen molar-refractivity contribution >= 4 is 60.7 Å². The second-order valence-electron chi connectivity index (χ2n) is 9.17. The maximum Gasteiger partial charge on any atom is 0.461 e. The summed E-state index contributed by atoms with van der Waals surface area (Å²) in [6.45, 7) is 2.98. The molecule has 8 heteroatoms. The Labute approximate surface area is 205 Å². The monoisotopic (exact) mass is 495 g/mol. The van der Waals surface area contributed by atoms with Crippen LogP contribution in [-0.2, 0) is 4.74 Å². The summed E-state index contributed by atoms with van der Waals surface area (Å²) >= 11 is 14.2. The second kappa shape index (κ2) is 15.4. The van der Waals surface area contributed by atoms with Crippen LogP contribution in [-0.4, -0.2) is 36.8 Å². The summed E-state index contributed by atoms with van der Waals surface area (Å²) in [5, 5.41) is 7.17. The van der Waals surface area contributed by atoms with Crippen LogP contribution in [0.3, 0.4) is 0 Å². The van der Waals surface area contributed by atoms with Gasteiger partial charge in [-0.05, 0) is 99.4 Å². The van der Waals surface area contributed by atoms with Crippen molar-refractivity contribution in [3.05, 3.63) is 0 Å². The van der Waals surface area contributed by atoms with Crippen LogP contribution in [0.2, 0.25) is 6.04 Å². The predicted molar refractivity (Wildman–Crippen MR) is 142 cm³/mol. The van der Waals surface area contributed by atoms with Gasteiger partial charge >= 0.3 is 8.56 Å². The molecule has 2 rings (SSSR count). The first-order chi connectivity index (χ1) is 15.2. The lowest BCUT2D eigenvalue weighted by molar-refractivity contribution is 0.00715. The topological polar surface area (TPSA) is 46.3 Å². The van der Waals surface area contributed by atoms with E-state index in [0.717, 1.165) is 24.2 Å². The van der Waals surface area contributed by atoms with E-state index in [9.17, 15) is 0 Å². The van der Waals surface area contributed by atoms with Gasteiger partial charge in [0, 0.05) is 12.7 Å². The number of nitrogens with zero attached hydrogens (tertiary/aromatic N) is 3. The fraction of sp³-hybridized carbons (Fsp3) is 0.870. The molecule has 0 bridgehead atoms. The van der Waals surface area contributed by atoms with Crippen molar-refractivity contribution in [3.63, 3.8) is 0 Å². The molecule has 4 nitrogen and oxygen atoms in total. The largest absolute Gasteiger partial charge is 0.461 e. The summed E-state index contributed by atoms with van der Waals surface area (Å²) in [7, 11) is -2.78. The van der Waals surface area contributed by atoms with Crippen molar-refractivity contribution < 1.29 is 4.74 Å². The molecule has 0 N–H and O–H groups in total. The quantitative estimate of drug-likeness (QED) is 0.114. The van der Waals surface area contributed by atoms with E-state index in [1.54, 1.807) is 0 Å². The zero-order chi connectivity index (χ0) is 22.4. The van der Waals surface area contributed by atoms with Crippen molar-refractivity contribution in [3.8, 4) is 0 Å². The van der Waals surface area contributed by atoms with E-state index in [2.05, 4.69) is 36.4 Å². The van der Waals surface area contributed by atoms with Crippen LogP contribution in [0.15, 0.2) is 14.0 Å². The third-order valence-electron chi connectivity index (χ3n) is 7.18. The summed E-state index contributed by atoms with van der Waals surface area (Å²) in [4.78, 5) is 0. The van der Waals surface area contributed by atoms with Crippen molar-refractivity contribution in [1.29, 1.82) is 0 Å². The normalized spacial score (nSPS) is 27.8. The van der Waals surface area contributed by atoms with Crippen molar-refractivity contribution in [1.82, 2.24) is 0 Å². The number of unbranched alkanes of at least 4 members (excludes halogenated alkanes) is 2. The fourth-order valence-corrected chi connectivity index (χ4v) is 8.24. The molecule has 0 atom stereocenters. The summed E-state index contributed by atoms with van der Waals surface area (Å²) in [6.07, 6.45) is 17.7. The van der Waals surface area contributed by atoms with Gasteiger partial charge in [0.05, 0.1) is 21.6 Å². The third kappa shape index (κ3) is 9.53. The highest BCUT2D eigenvalue weighted by Gasteiger charge is 2.34. The molecule has 2 aliphatic rings. The van der Waals surface area contributed by atoms with Gasteiger partial charge in [0.2, 0.25) is 0 Å². The minimum Gasteiger partial charge on any atom is -0.378 e. The lowest BCUT2D eigenvalue weighted by Gasteiger charge is -2.38. The third-order valence-corrected chi connectivity index (χ3v) is 10.4. The molecule has 0 radical (unpaired) electrons. The van der Waals surface area contributed by atoms with Crippen molar-refractivity contribution in [2.24, 2.45) is 31.7 Å². The lowest BCUT2D eigenvalue weighted by Crippen LogP contribution is -2.30. The minimum absolute atomic E-state index is 0.384. The van der Waals surface area contributed by atoms with Gasteiger partial charge in [0.25, 0.3) is 0 Å². The molecule has 0 aromatic carbocycles. The van der Waals surface area contributed by atoms with Gasteiger partial charge in [-0.25, -0.2) is 14.0 Å². The molecule has 172 valence electrons. The van der Waals surface area contributed by atoms with Crippen molar-refractivity contribution in [2.75, 3.05) is 6.61 Å². The first kappa shape index (κ1) is 26.8. The average Bonchev–Trinajstić information content (AvgIpc) is 2.78. The Morgan fingerprint density at radius 2 is 1.32 bits per heavy atom. The van der Waals surface area contributed by atoms with E-state index in [4.69, 9.17) is 41.4 Å². The molecule has 0 amide bonds. The Kier molecular flexibility index (Phi) is 13.3. The highest BCUT2D eigenvalue weighted by atomic mass is 32.1. The highest BCUT2D eigenvalue weighted by molar-refractivity contribution is 7.78. The SMILES string of the molecule is CCCCC[C@H]1CC[C@H]([C@H]2CC[C@H](OCCC[Si](N=C=S)(N=C=S)N=C=S)CC2)CC1. The van der Waals surface area contributed by atoms with Crippen LogP contribution in [0.5, 0.6) is 0 Å². The van der Waals surface area contributed by atoms with E-state index in [1.165, 1.54) is 77.0 Å². The molecule has 0 spiro atoms. The molecular formula is C23H37N3OS3Si.